The van der Waals surface area contributed by atoms with E-state index in [9.17, 15) is 4.79 Å². The molecule has 126 valence electrons. The van der Waals surface area contributed by atoms with Gasteiger partial charge in [0.05, 0.1) is 11.6 Å². The van der Waals surface area contributed by atoms with E-state index in [0.717, 1.165) is 38.3 Å². The Kier molecular flexibility index (Phi) is 3.98. The molecule has 2 aliphatic heterocycles. The van der Waals surface area contributed by atoms with Crippen LogP contribution < -0.4 is 4.90 Å². The summed E-state index contributed by atoms with van der Waals surface area (Å²) in [4.78, 5) is 21.0. The van der Waals surface area contributed by atoms with E-state index >= 15 is 0 Å². The number of nitriles is 1. The van der Waals surface area contributed by atoms with Gasteiger partial charge >= 0.3 is 0 Å². The van der Waals surface area contributed by atoms with Crippen LogP contribution in [0.3, 0.4) is 0 Å². The number of amides is 1. The van der Waals surface area contributed by atoms with E-state index in [1.54, 1.807) is 12.1 Å². The third-order valence-electron chi connectivity index (χ3n) is 5.30. The molecule has 1 amide bonds. The molecular weight excluding hydrogens is 312 g/mol. The first kappa shape index (κ1) is 15.8. The lowest BCUT2D eigenvalue weighted by atomic mass is 9.86. The van der Waals surface area contributed by atoms with Crippen LogP contribution in [0.1, 0.15) is 24.0 Å². The molecule has 5 heteroatoms. The van der Waals surface area contributed by atoms with E-state index in [4.69, 9.17) is 5.26 Å². The number of pyridine rings is 1. The van der Waals surface area contributed by atoms with Crippen LogP contribution in [0.4, 0.5) is 5.69 Å². The van der Waals surface area contributed by atoms with Crippen molar-refractivity contribution in [3.63, 3.8) is 0 Å². The summed E-state index contributed by atoms with van der Waals surface area (Å²) in [6, 6.07) is 13.5. The second-order valence-corrected chi connectivity index (χ2v) is 7.13. The number of benzene rings is 1. The standard InChI is InChI=1S/C20H20N4O/c21-12-16-1-3-18(4-2-16)24-15-20(11-19(24)25)7-10-23(14-20)13-17-5-8-22-9-6-17/h1-6,8-9H,7,10-11,13-15H2/t20-/m1/s1. The molecule has 25 heavy (non-hydrogen) atoms. The Morgan fingerprint density at radius 2 is 1.88 bits per heavy atom. The number of rotatable bonds is 3. The van der Waals surface area contributed by atoms with Crippen molar-refractivity contribution in [1.82, 2.24) is 9.88 Å². The fourth-order valence-electron chi connectivity index (χ4n) is 4.03. The Balaban J connectivity index is 1.45. The first-order valence-corrected chi connectivity index (χ1v) is 8.59. The lowest BCUT2D eigenvalue weighted by Crippen LogP contribution is -2.31. The Hall–Kier alpha value is -2.71. The molecule has 3 heterocycles. The van der Waals surface area contributed by atoms with Crippen LogP contribution in [0.2, 0.25) is 0 Å². The van der Waals surface area contributed by atoms with Gasteiger partial charge in [-0.15, -0.1) is 0 Å². The van der Waals surface area contributed by atoms with Crippen LogP contribution in [-0.2, 0) is 11.3 Å². The van der Waals surface area contributed by atoms with E-state index in [0.29, 0.717) is 12.0 Å². The van der Waals surface area contributed by atoms with Crippen LogP contribution in [0, 0.1) is 16.7 Å². The molecule has 2 fully saturated rings. The molecule has 0 bridgehead atoms. The van der Waals surface area contributed by atoms with Gasteiger partial charge in [-0.05, 0) is 54.9 Å². The predicted molar refractivity (Wildman–Crippen MR) is 94.7 cm³/mol. The van der Waals surface area contributed by atoms with Gasteiger partial charge in [0.1, 0.15) is 0 Å². The fraction of sp³-hybridized carbons (Fsp3) is 0.350. The van der Waals surface area contributed by atoms with Crippen molar-refractivity contribution in [2.24, 2.45) is 5.41 Å². The lowest BCUT2D eigenvalue weighted by Gasteiger charge is -2.24. The summed E-state index contributed by atoms with van der Waals surface area (Å²) < 4.78 is 0. The van der Waals surface area contributed by atoms with Crippen LogP contribution in [0.25, 0.3) is 0 Å². The smallest absolute Gasteiger partial charge is 0.227 e. The minimum absolute atomic E-state index is 0.0536. The Morgan fingerprint density at radius 3 is 2.60 bits per heavy atom. The molecular formula is C20H20N4O. The van der Waals surface area contributed by atoms with Crippen molar-refractivity contribution in [2.75, 3.05) is 24.5 Å². The zero-order valence-electron chi connectivity index (χ0n) is 14.1. The van der Waals surface area contributed by atoms with Crippen molar-refractivity contribution in [2.45, 2.75) is 19.4 Å². The van der Waals surface area contributed by atoms with Crippen molar-refractivity contribution in [3.8, 4) is 6.07 Å². The van der Waals surface area contributed by atoms with Crippen LogP contribution in [-0.4, -0.2) is 35.4 Å². The lowest BCUT2D eigenvalue weighted by molar-refractivity contribution is -0.117. The monoisotopic (exact) mass is 332 g/mol. The molecule has 5 nitrogen and oxygen atoms in total. The maximum absolute atomic E-state index is 12.6. The predicted octanol–water partition coefficient (Wildman–Crippen LogP) is 2.58. The summed E-state index contributed by atoms with van der Waals surface area (Å²) in [5, 5.41) is 8.92. The average Bonchev–Trinajstić information content (AvgIpc) is 3.18. The highest BCUT2D eigenvalue weighted by molar-refractivity contribution is 5.96. The third kappa shape index (κ3) is 3.13. The topological polar surface area (TPSA) is 60.2 Å². The summed E-state index contributed by atoms with van der Waals surface area (Å²) in [7, 11) is 0. The van der Waals surface area contributed by atoms with Gasteiger partial charge in [-0.3, -0.25) is 14.7 Å². The van der Waals surface area contributed by atoms with E-state index in [2.05, 4.69) is 16.0 Å². The molecule has 1 atom stereocenters. The van der Waals surface area contributed by atoms with Crippen molar-refractivity contribution in [3.05, 3.63) is 59.9 Å². The van der Waals surface area contributed by atoms with Crippen molar-refractivity contribution < 1.29 is 4.79 Å². The minimum atomic E-state index is 0.0536. The molecule has 2 aromatic rings. The summed E-state index contributed by atoms with van der Waals surface area (Å²) >= 11 is 0. The van der Waals surface area contributed by atoms with Crippen LogP contribution in [0.15, 0.2) is 48.8 Å². The third-order valence-corrected chi connectivity index (χ3v) is 5.30. The second kappa shape index (κ2) is 6.30. The maximum Gasteiger partial charge on any atom is 0.227 e. The van der Waals surface area contributed by atoms with E-state index in [1.165, 1.54) is 5.56 Å². The molecule has 0 aliphatic carbocycles. The van der Waals surface area contributed by atoms with Crippen LogP contribution >= 0.6 is 0 Å². The highest BCUT2D eigenvalue weighted by Crippen LogP contribution is 2.42. The molecule has 1 spiro atoms. The number of nitrogens with zero attached hydrogens (tertiary/aromatic N) is 4. The Morgan fingerprint density at radius 1 is 1.12 bits per heavy atom. The molecule has 2 saturated heterocycles. The fourth-order valence-corrected chi connectivity index (χ4v) is 4.03. The SMILES string of the molecule is N#Cc1ccc(N2C[C@]3(CCN(Cc4ccncc4)C3)CC2=O)cc1. The van der Waals surface area contributed by atoms with Gasteiger partial charge in [0, 0.05) is 49.6 Å². The van der Waals surface area contributed by atoms with Crippen LogP contribution in [0.5, 0.6) is 0 Å². The Labute approximate surface area is 147 Å². The zero-order chi connectivity index (χ0) is 17.3. The molecule has 1 aromatic heterocycles. The minimum Gasteiger partial charge on any atom is -0.312 e. The summed E-state index contributed by atoms with van der Waals surface area (Å²) in [5.41, 5.74) is 2.83. The largest absolute Gasteiger partial charge is 0.312 e. The number of carbonyl (C=O) groups is 1. The summed E-state index contributed by atoms with van der Waals surface area (Å²) in [5.74, 6) is 0.190. The van der Waals surface area contributed by atoms with Gasteiger partial charge in [0.25, 0.3) is 0 Å². The molecule has 0 N–H and O–H groups in total. The van der Waals surface area contributed by atoms with E-state index in [1.807, 2.05) is 41.6 Å². The Bertz CT molecular complexity index is 812. The summed E-state index contributed by atoms with van der Waals surface area (Å²) in [6.07, 6.45) is 5.32. The number of hydrogen-bond acceptors (Lipinski definition) is 4. The first-order valence-electron chi connectivity index (χ1n) is 8.59. The normalized spacial score (nSPS) is 23.3. The van der Waals surface area contributed by atoms with Gasteiger partial charge in [-0.1, -0.05) is 0 Å². The van der Waals surface area contributed by atoms with Gasteiger partial charge in [-0.25, -0.2) is 0 Å². The molecule has 2 aliphatic rings. The maximum atomic E-state index is 12.6. The first-order chi connectivity index (χ1) is 12.2. The highest BCUT2D eigenvalue weighted by atomic mass is 16.2. The van der Waals surface area contributed by atoms with Gasteiger partial charge in [0.15, 0.2) is 0 Å². The van der Waals surface area contributed by atoms with E-state index < -0.39 is 0 Å². The molecule has 4 rings (SSSR count). The number of anilines is 1. The highest BCUT2D eigenvalue weighted by Gasteiger charge is 2.47. The van der Waals surface area contributed by atoms with Gasteiger partial charge in [-0.2, -0.15) is 5.26 Å². The van der Waals surface area contributed by atoms with Crippen molar-refractivity contribution in [1.29, 1.82) is 5.26 Å². The molecule has 0 unspecified atom stereocenters. The molecule has 1 aromatic carbocycles. The summed E-state index contributed by atoms with van der Waals surface area (Å²) in [6.45, 7) is 3.66. The number of hydrogen-bond donors (Lipinski definition) is 0. The quantitative estimate of drug-likeness (QED) is 0.867. The zero-order valence-corrected chi connectivity index (χ0v) is 14.1. The molecule has 0 saturated carbocycles. The van der Waals surface area contributed by atoms with Gasteiger partial charge < -0.3 is 4.90 Å². The number of aromatic nitrogens is 1. The van der Waals surface area contributed by atoms with Crippen molar-refractivity contribution >= 4 is 11.6 Å². The molecule has 0 radical (unpaired) electrons. The average molecular weight is 332 g/mol. The number of carbonyl (C=O) groups excluding carboxylic acids is 1. The second-order valence-electron chi connectivity index (χ2n) is 7.13. The number of likely N-dealkylation sites (tertiary alicyclic amines) is 1. The van der Waals surface area contributed by atoms with E-state index in [-0.39, 0.29) is 11.3 Å². The van der Waals surface area contributed by atoms with Gasteiger partial charge in [0.2, 0.25) is 5.91 Å².